The number of anilines is 2. The Morgan fingerprint density at radius 1 is 1.10 bits per heavy atom. The second-order valence-corrected chi connectivity index (χ2v) is 4.67. The van der Waals surface area contributed by atoms with Crippen molar-refractivity contribution in [1.82, 2.24) is 0 Å². The molecule has 3 nitrogen and oxygen atoms in total. The van der Waals surface area contributed by atoms with E-state index in [0.29, 0.717) is 0 Å². The fourth-order valence-corrected chi connectivity index (χ4v) is 2.00. The molecular weight excluding hydrogens is 337 g/mol. The third-order valence-electron chi connectivity index (χ3n) is 2.56. The number of nitrogens with one attached hydrogen (secondary N) is 1. The Morgan fingerprint density at radius 3 is 2.50 bits per heavy atom. The van der Waals surface area contributed by atoms with Gasteiger partial charge in [0.15, 0.2) is 11.6 Å². The van der Waals surface area contributed by atoms with Gasteiger partial charge in [-0.25, -0.2) is 13.2 Å². The van der Waals surface area contributed by atoms with Crippen molar-refractivity contribution in [3.8, 4) is 0 Å². The second-order valence-electron chi connectivity index (χ2n) is 3.88. The monoisotopic (exact) mass is 344 g/mol. The van der Waals surface area contributed by atoms with E-state index < -0.39 is 29.0 Å². The van der Waals surface area contributed by atoms with E-state index in [2.05, 4.69) is 21.2 Å². The summed E-state index contributed by atoms with van der Waals surface area (Å²) in [5.41, 5.74) is 4.80. The van der Waals surface area contributed by atoms with E-state index in [1.807, 2.05) is 0 Å². The van der Waals surface area contributed by atoms with Gasteiger partial charge in [-0.05, 0) is 40.2 Å². The van der Waals surface area contributed by atoms with Gasteiger partial charge in [-0.3, -0.25) is 4.79 Å². The van der Waals surface area contributed by atoms with E-state index >= 15 is 0 Å². The summed E-state index contributed by atoms with van der Waals surface area (Å²) < 4.78 is 39.9. The van der Waals surface area contributed by atoms with Crippen LogP contribution in [0.15, 0.2) is 34.8 Å². The smallest absolute Gasteiger partial charge is 0.257 e. The van der Waals surface area contributed by atoms with E-state index in [0.717, 1.165) is 18.2 Å². The largest absolute Gasteiger partial charge is 0.397 e. The number of hydrogen-bond donors (Lipinski definition) is 2. The molecule has 0 atom stereocenters. The predicted molar refractivity (Wildman–Crippen MR) is 72.8 cm³/mol. The molecule has 0 unspecified atom stereocenters. The zero-order valence-electron chi connectivity index (χ0n) is 9.88. The van der Waals surface area contributed by atoms with Crippen molar-refractivity contribution < 1.29 is 18.0 Å². The molecule has 0 bridgehead atoms. The minimum Gasteiger partial charge on any atom is -0.397 e. The minimum atomic E-state index is -1.27. The van der Waals surface area contributed by atoms with Crippen molar-refractivity contribution in [2.75, 3.05) is 11.1 Å². The van der Waals surface area contributed by atoms with E-state index in [1.54, 1.807) is 0 Å². The fraction of sp³-hybridized carbons (Fsp3) is 0. The summed E-state index contributed by atoms with van der Waals surface area (Å²) in [6.07, 6.45) is 0. The predicted octanol–water partition coefficient (Wildman–Crippen LogP) is 3.70. The minimum absolute atomic E-state index is 0.0620. The van der Waals surface area contributed by atoms with E-state index in [-0.39, 0.29) is 15.7 Å². The van der Waals surface area contributed by atoms with Gasteiger partial charge >= 0.3 is 0 Å². The molecular formula is C13H8BrF3N2O. The van der Waals surface area contributed by atoms with Gasteiger partial charge in [0.05, 0.1) is 15.7 Å². The maximum absolute atomic E-state index is 13.6. The maximum atomic E-state index is 13.6. The standard InChI is InChI=1S/C13H8BrF3N2O/c14-10-6(2-1-3-7(10)15)13(20)19-12-9(18)5-4-8(16)11(12)17/h1-5H,18H2,(H,19,20). The summed E-state index contributed by atoms with van der Waals surface area (Å²) in [6, 6.07) is 5.77. The molecule has 0 fully saturated rings. The maximum Gasteiger partial charge on any atom is 0.257 e. The number of halogens is 4. The Balaban J connectivity index is 2.38. The van der Waals surface area contributed by atoms with Crippen molar-refractivity contribution in [2.45, 2.75) is 0 Å². The van der Waals surface area contributed by atoms with Crippen molar-refractivity contribution in [2.24, 2.45) is 0 Å². The lowest BCUT2D eigenvalue weighted by Gasteiger charge is -2.11. The molecule has 0 radical (unpaired) electrons. The fourth-order valence-electron chi connectivity index (χ4n) is 1.55. The molecule has 104 valence electrons. The van der Waals surface area contributed by atoms with Gasteiger partial charge in [0, 0.05) is 0 Å². The molecule has 2 rings (SSSR count). The van der Waals surface area contributed by atoms with Crippen molar-refractivity contribution in [1.29, 1.82) is 0 Å². The summed E-state index contributed by atoms with van der Waals surface area (Å²) in [7, 11) is 0. The van der Waals surface area contributed by atoms with Crippen LogP contribution >= 0.6 is 15.9 Å². The third kappa shape index (κ3) is 2.62. The molecule has 0 aliphatic carbocycles. The number of nitrogen functional groups attached to an aromatic ring is 1. The van der Waals surface area contributed by atoms with Crippen LogP contribution in [0.25, 0.3) is 0 Å². The van der Waals surface area contributed by atoms with E-state index in [1.165, 1.54) is 12.1 Å². The Morgan fingerprint density at radius 2 is 1.80 bits per heavy atom. The summed E-state index contributed by atoms with van der Waals surface area (Å²) in [5.74, 6) is -3.88. The number of hydrogen-bond acceptors (Lipinski definition) is 2. The summed E-state index contributed by atoms with van der Waals surface area (Å²) in [4.78, 5) is 12.0. The first-order chi connectivity index (χ1) is 9.41. The molecule has 0 aliphatic rings. The van der Waals surface area contributed by atoms with E-state index in [4.69, 9.17) is 5.73 Å². The molecule has 0 aliphatic heterocycles. The average molecular weight is 345 g/mol. The van der Waals surface area contributed by atoms with Crippen LogP contribution in [-0.4, -0.2) is 5.91 Å². The quantitative estimate of drug-likeness (QED) is 0.816. The highest BCUT2D eigenvalue weighted by atomic mass is 79.9. The van der Waals surface area contributed by atoms with Crippen LogP contribution in [0, 0.1) is 17.5 Å². The molecule has 7 heteroatoms. The lowest BCUT2D eigenvalue weighted by molar-refractivity contribution is 0.102. The molecule has 2 aromatic rings. The highest BCUT2D eigenvalue weighted by molar-refractivity contribution is 9.10. The first-order valence-electron chi connectivity index (χ1n) is 5.40. The molecule has 0 saturated carbocycles. The third-order valence-corrected chi connectivity index (χ3v) is 3.37. The molecule has 0 spiro atoms. The van der Waals surface area contributed by atoms with Gasteiger partial charge in [0.1, 0.15) is 11.5 Å². The topological polar surface area (TPSA) is 55.1 Å². The number of nitrogens with two attached hydrogens (primary N) is 1. The first-order valence-corrected chi connectivity index (χ1v) is 6.20. The molecule has 2 aromatic carbocycles. The molecule has 20 heavy (non-hydrogen) atoms. The van der Waals surface area contributed by atoms with Gasteiger partial charge in [-0.1, -0.05) is 6.07 Å². The van der Waals surface area contributed by atoms with Crippen LogP contribution in [0.1, 0.15) is 10.4 Å². The van der Waals surface area contributed by atoms with Crippen molar-refractivity contribution >= 4 is 33.2 Å². The van der Waals surface area contributed by atoms with Crippen LogP contribution in [0.3, 0.4) is 0 Å². The first kappa shape index (κ1) is 14.4. The Hall–Kier alpha value is -2.02. The van der Waals surface area contributed by atoms with Crippen LogP contribution in [0.4, 0.5) is 24.5 Å². The van der Waals surface area contributed by atoms with Crippen molar-refractivity contribution in [3.05, 3.63) is 57.8 Å². The summed E-state index contributed by atoms with van der Waals surface area (Å²) in [6.45, 7) is 0. The zero-order chi connectivity index (χ0) is 14.9. The lowest BCUT2D eigenvalue weighted by Crippen LogP contribution is -2.16. The van der Waals surface area contributed by atoms with E-state index in [9.17, 15) is 18.0 Å². The molecule has 1 amide bonds. The van der Waals surface area contributed by atoms with Crippen LogP contribution in [0.5, 0.6) is 0 Å². The lowest BCUT2D eigenvalue weighted by atomic mass is 10.2. The average Bonchev–Trinajstić information content (AvgIpc) is 2.42. The summed E-state index contributed by atoms with van der Waals surface area (Å²) in [5, 5.41) is 2.13. The summed E-state index contributed by atoms with van der Waals surface area (Å²) >= 11 is 2.91. The Bertz CT molecular complexity index is 692. The molecule has 0 aromatic heterocycles. The van der Waals surface area contributed by atoms with Gasteiger partial charge in [-0.2, -0.15) is 0 Å². The number of amides is 1. The molecule has 3 N–H and O–H groups in total. The Labute approximate surface area is 120 Å². The molecule has 0 heterocycles. The van der Waals surface area contributed by atoms with Gasteiger partial charge in [-0.15, -0.1) is 0 Å². The van der Waals surface area contributed by atoms with Gasteiger partial charge in [0.25, 0.3) is 5.91 Å². The van der Waals surface area contributed by atoms with Crippen LogP contribution < -0.4 is 11.1 Å². The number of rotatable bonds is 2. The SMILES string of the molecule is Nc1ccc(F)c(F)c1NC(=O)c1cccc(F)c1Br. The Kier molecular flexibility index (Phi) is 3.99. The highest BCUT2D eigenvalue weighted by Gasteiger charge is 2.18. The zero-order valence-corrected chi connectivity index (χ0v) is 11.5. The van der Waals surface area contributed by atoms with Crippen LogP contribution in [-0.2, 0) is 0 Å². The van der Waals surface area contributed by atoms with Gasteiger partial charge in [0.2, 0.25) is 0 Å². The second kappa shape index (κ2) is 5.54. The highest BCUT2D eigenvalue weighted by Crippen LogP contribution is 2.27. The number of carbonyl (C=O) groups is 1. The van der Waals surface area contributed by atoms with Crippen molar-refractivity contribution in [3.63, 3.8) is 0 Å². The number of carbonyl (C=O) groups excluding carboxylic acids is 1. The normalized spacial score (nSPS) is 10.4. The molecule has 0 saturated heterocycles. The van der Waals surface area contributed by atoms with Crippen LogP contribution in [0.2, 0.25) is 0 Å². The number of benzene rings is 2. The van der Waals surface area contributed by atoms with Gasteiger partial charge < -0.3 is 11.1 Å².